The minimum Gasteiger partial charge on any atom is -0.381 e. The van der Waals surface area contributed by atoms with Gasteiger partial charge in [0.25, 0.3) is 0 Å². The number of rotatable bonds is 12. The molecule has 0 saturated carbocycles. The monoisotopic (exact) mass is 285 g/mol. The number of unbranched alkanes of at least 4 members (excludes halogenated alkanes) is 2. The van der Waals surface area contributed by atoms with Crippen molar-refractivity contribution in [3.05, 3.63) is 0 Å². The molecule has 0 aliphatic rings. The van der Waals surface area contributed by atoms with Crippen molar-refractivity contribution in [1.82, 2.24) is 0 Å². The van der Waals surface area contributed by atoms with E-state index in [4.69, 9.17) is 10.5 Å². The lowest BCUT2D eigenvalue weighted by atomic mass is 9.82. The van der Waals surface area contributed by atoms with Gasteiger partial charge in [-0.05, 0) is 38.0 Å². The molecule has 0 bridgehead atoms. The Morgan fingerprint density at radius 2 is 1.65 bits per heavy atom. The molecule has 4 atom stereocenters. The maximum atomic E-state index is 6.43. The van der Waals surface area contributed by atoms with Crippen molar-refractivity contribution >= 4 is 0 Å². The van der Waals surface area contributed by atoms with Crippen LogP contribution < -0.4 is 5.73 Å². The molecule has 4 unspecified atom stereocenters. The minimum absolute atomic E-state index is 0.0803. The lowest BCUT2D eigenvalue weighted by Crippen LogP contribution is -2.40. The summed E-state index contributed by atoms with van der Waals surface area (Å²) in [7, 11) is 1.84. The second kappa shape index (κ2) is 10.6. The molecule has 0 amide bonds. The van der Waals surface area contributed by atoms with Crippen molar-refractivity contribution in [3.8, 4) is 0 Å². The third kappa shape index (κ3) is 8.97. The van der Waals surface area contributed by atoms with E-state index in [1.54, 1.807) is 0 Å². The van der Waals surface area contributed by atoms with E-state index in [1.807, 2.05) is 7.11 Å². The van der Waals surface area contributed by atoms with Crippen LogP contribution in [0.5, 0.6) is 0 Å². The lowest BCUT2D eigenvalue weighted by molar-refractivity contribution is 0.0489. The van der Waals surface area contributed by atoms with Gasteiger partial charge in [0.1, 0.15) is 0 Å². The molecule has 20 heavy (non-hydrogen) atoms. The van der Waals surface area contributed by atoms with Crippen LogP contribution in [0.3, 0.4) is 0 Å². The molecular weight excluding hydrogens is 246 g/mol. The van der Waals surface area contributed by atoms with Crippen LogP contribution in [-0.2, 0) is 4.74 Å². The molecule has 0 radical (unpaired) electrons. The first kappa shape index (κ1) is 19.9. The highest BCUT2D eigenvalue weighted by Crippen LogP contribution is 2.27. The summed E-state index contributed by atoms with van der Waals surface area (Å²) in [6.45, 7) is 11.4. The Morgan fingerprint density at radius 1 is 1.05 bits per heavy atom. The van der Waals surface area contributed by atoms with E-state index in [0.717, 1.165) is 25.2 Å². The Kier molecular flexibility index (Phi) is 10.6. The van der Waals surface area contributed by atoms with Crippen LogP contribution in [0.15, 0.2) is 0 Å². The van der Waals surface area contributed by atoms with E-state index in [0.29, 0.717) is 12.0 Å². The Balaban J connectivity index is 4.25. The van der Waals surface area contributed by atoms with Gasteiger partial charge in [-0.25, -0.2) is 0 Å². The molecule has 0 spiro atoms. The summed E-state index contributed by atoms with van der Waals surface area (Å²) >= 11 is 0. The number of methoxy groups -OCH3 is 1. The highest BCUT2D eigenvalue weighted by molar-refractivity contribution is 4.83. The molecule has 0 aliphatic carbocycles. The molecule has 2 N–H and O–H groups in total. The van der Waals surface area contributed by atoms with Crippen LogP contribution in [0, 0.1) is 11.8 Å². The molecule has 0 heterocycles. The van der Waals surface area contributed by atoms with Crippen LogP contribution in [0.2, 0.25) is 0 Å². The van der Waals surface area contributed by atoms with Crippen molar-refractivity contribution < 1.29 is 4.74 Å². The van der Waals surface area contributed by atoms with Crippen LogP contribution in [-0.4, -0.2) is 18.8 Å². The van der Waals surface area contributed by atoms with E-state index >= 15 is 0 Å². The maximum absolute atomic E-state index is 6.43. The van der Waals surface area contributed by atoms with Gasteiger partial charge in [-0.1, -0.05) is 59.8 Å². The SMILES string of the molecule is CCCCC(C)C(C)CC(CC(C)(N)CCCC)OC. The van der Waals surface area contributed by atoms with E-state index in [2.05, 4.69) is 34.6 Å². The molecule has 0 rings (SSSR count). The predicted molar refractivity (Wildman–Crippen MR) is 90.0 cm³/mol. The summed E-state index contributed by atoms with van der Waals surface area (Å²) in [5, 5.41) is 0. The first-order chi connectivity index (χ1) is 9.36. The third-order valence-corrected chi connectivity index (χ3v) is 4.75. The second-order valence-electron chi connectivity index (χ2n) is 7.15. The van der Waals surface area contributed by atoms with E-state index < -0.39 is 0 Å². The number of nitrogens with two attached hydrogens (primary N) is 1. The van der Waals surface area contributed by atoms with Gasteiger partial charge in [0.05, 0.1) is 6.10 Å². The molecule has 2 nitrogen and oxygen atoms in total. The number of hydrogen-bond donors (Lipinski definition) is 1. The largest absolute Gasteiger partial charge is 0.381 e. The van der Waals surface area contributed by atoms with Gasteiger partial charge in [-0.2, -0.15) is 0 Å². The summed E-state index contributed by atoms with van der Waals surface area (Å²) in [6.07, 6.45) is 9.93. The normalized spacial score (nSPS) is 19.4. The van der Waals surface area contributed by atoms with Gasteiger partial charge in [0, 0.05) is 12.6 Å². The molecule has 122 valence electrons. The van der Waals surface area contributed by atoms with Crippen molar-refractivity contribution in [2.75, 3.05) is 7.11 Å². The molecular formula is C18H39NO. The van der Waals surface area contributed by atoms with Crippen LogP contribution >= 0.6 is 0 Å². The van der Waals surface area contributed by atoms with Gasteiger partial charge in [-0.3, -0.25) is 0 Å². The highest BCUT2D eigenvalue weighted by atomic mass is 16.5. The van der Waals surface area contributed by atoms with Crippen molar-refractivity contribution in [1.29, 1.82) is 0 Å². The number of hydrogen-bond acceptors (Lipinski definition) is 2. The van der Waals surface area contributed by atoms with Crippen LogP contribution in [0.25, 0.3) is 0 Å². The second-order valence-corrected chi connectivity index (χ2v) is 7.15. The molecule has 0 fully saturated rings. The van der Waals surface area contributed by atoms with E-state index in [1.165, 1.54) is 32.1 Å². The van der Waals surface area contributed by atoms with E-state index in [-0.39, 0.29) is 5.54 Å². The lowest BCUT2D eigenvalue weighted by Gasteiger charge is -2.31. The van der Waals surface area contributed by atoms with Gasteiger partial charge in [0.2, 0.25) is 0 Å². The Hall–Kier alpha value is -0.0800. The van der Waals surface area contributed by atoms with Gasteiger partial charge in [0.15, 0.2) is 0 Å². The molecule has 0 aromatic heterocycles. The molecule has 2 heteroatoms. The third-order valence-electron chi connectivity index (χ3n) is 4.75. The number of ether oxygens (including phenoxy) is 1. The molecule has 0 saturated heterocycles. The zero-order chi connectivity index (χ0) is 15.6. The maximum Gasteiger partial charge on any atom is 0.0591 e. The van der Waals surface area contributed by atoms with Crippen LogP contribution in [0.1, 0.15) is 86.0 Å². The van der Waals surface area contributed by atoms with Crippen LogP contribution in [0.4, 0.5) is 0 Å². The average Bonchev–Trinajstić information content (AvgIpc) is 2.41. The first-order valence-electron chi connectivity index (χ1n) is 8.67. The fourth-order valence-electron chi connectivity index (χ4n) is 2.92. The van der Waals surface area contributed by atoms with Gasteiger partial charge >= 0.3 is 0 Å². The molecule has 0 aromatic rings. The van der Waals surface area contributed by atoms with Crippen molar-refractivity contribution in [2.24, 2.45) is 17.6 Å². The summed E-state index contributed by atoms with van der Waals surface area (Å²) < 4.78 is 5.71. The fourth-order valence-corrected chi connectivity index (χ4v) is 2.92. The Bertz CT molecular complexity index is 227. The minimum atomic E-state index is -0.0803. The quantitative estimate of drug-likeness (QED) is 0.538. The smallest absolute Gasteiger partial charge is 0.0591 e. The summed E-state index contributed by atoms with van der Waals surface area (Å²) in [4.78, 5) is 0. The first-order valence-corrected chi connectivity index (χ1v) is 8.67. The molecule has 0 aromatic carbocycles. The Morgan fingerprint density at radius 3 is 2.15 bits per heavy atom. The molecule has 0 aliphatic heterocycles. The predicted octanol–water partition coefficient (Wildman–Crippen LogP) is 5.15. The topological polar surface area (TPSA) is 35.2 Å². The zero-order valence-electron chi connectivity index (χ0n) is 14.9. The van der Waals surface area contributed by atoms with Gasteiger partial charge < -0.3 is 10.5 Å². The Labute approximate surface area is 127 Å². The average molecular weight is 286 g/mol. The fraction of sp³-hybridized carbons (Fsp3) is 1.00. The standard InChI is InChI=1S/C18H39NO/c1-7-9-11-15(3)16(4)13-17(20-6)14-18(5,19)12-10-8-2/h15-17H,7-14,19H2,1-6H3. The van der Waals surface area contributed by atoms with Crippen molar-refractivity contribution in [2.45, 2.75) is 97.6 Å². The van der Waals surface area contributed by atoms with E-state index in [9.17, 15) is 0 Å². The van der Waals surface area contributed by atoms with Gasteiger partial charge in [-0.15, -0.1) is 0 Å². The summed E-state index contributed by atoms with van der Waals surface area (Å²) in [5.41, 5.74) is 6.35. The zero-order valence-corrected chi connectivity index (χ0v) is 14.9. The summed E-state index contributed by atoms with van der Waals surface area (Å²) in [5.74, 6) is 1.50. The highest BCUT2D eigenvalue weighted by Gasteiger charge is 2.25. The van der Waals surface area contributed by atoms with Crippen molar-refractivity contribution in [3.63, 3.8) is 0 Å². The summed E-state index contributed by atoms with van der Waals surface area (Å²) in [6, 6.07) is 0.